The lowest BCUT2D eigenvalue weighted by atomic mass is 10.4. The Balaban J connectivity index is 0.000000605. The quantitative estimate of drug-likeness (QED) is 0.622. The summed E-state index contributed by atoms with van der Waals surface area (Å²) in [5.74, 6) is 0. The van der Waals surface area contributed by atoms with Gasteiger partial charge in [-0.3, -0.25) is 0 Å². The summed E-state index contributed by atoms with van der Waals surface area (Å²) in [4.78, 5) is 2.74. The molecule has 0 aliphatic heterocycles. The van der Waals surface area contributed by atoms with Gasteiger partial charge in [0.05, 0.1) is 0 Å². The van der Waals surface area contributed by atoms with Crippen molar-refractivity contribution in [3.63, 3.8) is 0 Å². The zero-order valence-electron chi connectivity index (χ0n) is 5.28. The lowest BCUT2D eigenvalue weighted by Crippen LogP contribution is -1.55. The van der Waals surface area contributed by atoms with Gasteiger partial charge >= 0.3 is 0 Å². The minimum atomic E-state index is 0. The lowest BCUT2D eigenvalue weighted by molar-refractivity contribution is 1.93. The van der Waals surface area contributed by atoms with Crippen LogP contribution in [0.2, 0.25) is 0 Å². The summed E-state index contributed by atoms with van der Waals surface area (Å²) in [6, 6.07) is 8.46. The predicted octanol–water partition coefficient (Wildman–Crippen LogP) is 4.11. The summed E-state index contributed by atoms with van der Waals surface area (Å²) in [6.45, 7) is 0. The molecule has 0 saturated carbocycles. The van der Waals surface area contributed by atoms with Gasteiger partial charge in [-0.1, -0.05) is 19.6 Å². The van der Waals surface area contributed by atoms with Gasteiger partial charge in [0, 0.05) is 9.75 Å². The van der Waals surface area contributed by atoms with Gasteiger partial charge in [0.2, 0.25) is 0 Å². The second-order valence-electron chi connectivity index (χ2n) is 1.95. The third-order valence-electron chi connectivity index (χ3n) is 1.29. The van der Waals surface area contributed by atoms with Crippen molar-refractivity contribution in [2.24, 2.45) is 0 Å². The molecule has 0 saturated heterocycles. The van der Waals surface area contributed by atoms with E-state index in [1.54, 1.807) is 22.7 Å². The Bertz CT molecular complexity index is 247. The molecule has 0 atom stereocenters. The molecule has 0 bridgehead atoms. The lowest BCUT2D eigenvalue weighted by Gasteiger charge is -1.84. The number of hydrogen-bond donors (Lipinski definition) is 0. The molecule has 2 aromatic rings. The Labute approximate surface area is 75.1 Å². The zero-order chi connectivity index (χ0) is 6.81. The molecular formula is C9H10S2. The Morgan fingerprint density at radius 2 is 1.27 bits per heavy atom. The SMILES string of the molecule is C.c1csc(-c2cccs2)c1. The first-order valence-corrected chi connectivity index (χ1v) is 4.80. The topological polar surface area (TPSA) is 0 Å². The maximum Gasteiger partial charge on any atom is 0.0442 e. The number of hydrogen-bond acceptors (Lipinski definition) is 2. The second-order valence-corrected chi connectivity index (χ2v) is 3.85. The Kier molecular flexibility index (Phi) is 2.85. The van der Waals surface area contributed by atoms with Gasteiger partial charge in [0.1, 0.15) is 0 Å². The standard InChI is InChI=1S/C8H6S2.CH4/c1-3-7(9-5-1)8-4-2-6-10-8;/h1-6H;1H4. The van der Waals surface area contributed by atoms with Crippen LogP contribution < -0.4 is 0 Å². The van der Waals surface area contributed by atoms with Crippen LogP contribution >= 0.6 is 22.7 Å². The predicted molar refractivity (Wildman–Crippen MR) is 54.4 cm³/mol. The first-order valence-electron chi connectivity index (χ1n) is 3.04. The van der Waals surface area contributed by atoms with Gasteiger partial charge in [0.15, 0.2) is 0 Å². The maximum atomic E-state index is 2.15. The van der Waals surface area contributed by atoms with Crippen molar-refractivity contribution >= 4 is 22.7 Å². The van der Waals surface area contributed by atoms with Gasteiger partial charge in [-0.05, 0) is 22.9 Å². The summed E-state index contributed by atoms with van der Waals surface area (Å²) in [6.07, 6.45) is 0. The highest BCUT2D eigenvalue weighted by molar-refractivity contribution is 7.20. The number of rotatable bonds is 1. The second kappa shape index (κ2) is 3.69. The van der Waals surface area contributed by atoms with Crippen molar-refractivity contribution in [1.82, 2.24) is 0 Å². The van der Waals surface area contributed by atoms with Crippen LogP contribution in [0.4, 0.5) is 0 Å². The van der Waals surface area contributed by atoms with E-state index >= 15 is 0 Å². The fourth-order valence-corrected chi connectivity index (χ4v) is 2.42. The van der Waals surface area contributed by atoms with Gasteiger partial charge in [-0.2, -0.15) is 0 Å². The summed E-state index contributed by atoms with van der Waals surface area (Å²) < 4.78 is 0. The molecule has 0 N–H and O–H groups in total. The zero-order valence-corrected chi connectivity index (χ0v) is 6.91. The van der Waals surface area contributed by atoms with Crippen LogP contribution in [0.25, 0.3) is 9.75 Å². The van der Waals surface area contributed by atoms with Crippen molar-refractivity contribution in [3.8, 4) is 9.75 Å². The van der Waals surface area contributed by atoms with E-state index in [0.717, 1.165) is 0 Å². The fraction of sp³-hybridized carbons (Fsp3) is 0.111. The van der Waals surface area contributed by atoms with Gasteiger partial charge in [-0.15, -0.1) is 22.7 Å². The molecule has 0 radical (unpaired) electrons. The molecule has 0 spiro atoms. The van der Waals surface area contributed by atoms with Crippen LogP contribution in [0.15, 0.2) is 35.0 Å². The third-order valence-corrected chi connectivity index (χ3v) is 3.22. The molecule has 0 unspecified atom stereocenters. The summed E-state index contributed by atoms with van der Waals surface area (Å²) in [5, 5.41) is 4.21. The van der Waals surface area contributed by atoms with E-state index in [2.05, 4.69) is 35.0 Å². The fourth-order valence-electron chi connectivity index (χ4n) is 0.838. The van der Waals surface area contributed by atoms with Crippen LogP contribution in [-0.4, -0.2) is 0 Å². The molecule has 0 aliphatic carbocycles. The van der Waals surface area contributed by atoms with Crippen LogP contribution in [0.5, 0.6) is 0 Å². The van der Waals surface area contributed by atoms with E-state index in [-0.39, 0.29) is 7.43 Å². The van der Waals surface area contributed by atoms with E-state index in [0.29, 0.717) is 0 Å². The first-order chi connectivity index (χ1) is 4.97. The highest BCUT2D eigenvalue weighted by atomic mass is 32.1. The van der Waals surface area contributed by atoms with E-state index in [1.165, 1.54) is 9.75 Å². The minimum Gasteiger partial charge on any atom is -0.143 e. The van der Waals surface area contributed by atoms with Crippen molar-refractivity contribution < 1.29 is 0 Å². The molecule has 2 heteroatoms. The van der Waals surface area contributed by atoms with Crippen molar-refractivity contribution in [2.75, 3.05) is 0 Å². The molecule has 2 aromatic heterocycles. The summed E-state index contributed by atoms with van der Waals surface area (Å²) in [7, 11) is 0. The maximum absolute atomic E-state index is 2.15. The molecule has 0 aromatic carbocycles. The molecule has 2 heterocycles. The van der Waals surface area contributed by atoms with E-state index in [1.807, 2.05) is 0 Å². The molecule has 0 aliphatic rings. The Hall–Kier alpha value is -0.600. The minimum absolute atomic E-state index is 0. The Morgan fingerprint density at radius 3 is 1.55 bits per heavy atom. The molecule has 0 amide bonds. The summed E-state index contributed by atoms with van der Waals surface area (Å²) in [5.41, 5.74) is 0. The highest BCUT2D eigenvalue weighted by Gasteiger charge is 1.96. The van der Waals surface area contributed by atoms with Crippen LogP contribution in [-0.2, 0) is 0 Å². The van der Waals surface area contributed by atoms with Crippen LogP contribution in [0.3, 0.4) is 0 Å². The van der Waals surface area contributed by atoms with Gasteiger partial charge < -0.3 is 0 Å². The van der Waals surface area contributed by atoms with Gasteiger partial charge in [0.25, 0.3) is 0 Å². The molecule has 0 fully saturated rings. The van der Waals surface area contributed by atoms with E-state index < -0.39 is 0 Å². The average molecular weight is 182 g/mol. The molecule has 58 valence electrons. The van der Waals surface area contributed by atoms with Crippen molar-refractivity contribution in [1.29, 1.82) is 0 Å². The molecular weight excluding hydrogens is 172 g/mol. The Morgan fingerprint density at radius 1 is 0.818 bits per heavy atom. The van der Waals surface area contributed by atoms with Crippen LogP contribution in [0, 0.1) is 0 Å². The van der Waals surface area contributed by atoms with Crippen molar-refractivity contribution in [3.05, 3.63) is 35.0 Å². The first kappa shape index (κ1) is 8.50. The monoisotopic (exact) mass is 182 g/mol. The van der Waals surface area contributed by atoms with E-state index in [4.69, 9.17) is 0 Å². The summed E-state index contributed by atoms with van der Waals surface area (Å²) >= 11 is 3.58. The smallest absolute Gasteiger partial charge is 0.0442 e. The highest BCUT2D eigenvalue weighted by Crippen LogP contribution is 2.28. The van der Waals surface area contributed by atoms with E-state index in [9.17, 15) is 0 Å². The largest absolute Gasteiger partial charge is 0.143 e. The number of thiophene rings is 2. The molecule has 0 nitrogen and oxygen atoms in total. The van der Waals surface area contributed by atoms with Crippen LogP contribution in [0.1, 0.15) is 7.43 Å². The molecule has 11 heavy (non-hydrogen) atoms. The van der Waals surface area contributed by atoms with Crippen molar-refractivity contribution in [2.45, 2.75) is 7.43 Å². The molecule has 2 rings (SSSR count). The normalized spacial score (nSPS) is 9.09. The van der Waals surface area contributed by atoms with Gasteiger partial charge in [-0.25, -0.2) is 0 Å². The average Bonchev–Trinajstić information content (AvgIpc) is 2.59. The third kappa shape index (κ3) is 1.70.